The number of fused-ring (bicyclic) bond motifs is 1. The first-order chi connectivity index (χ1) is 7.99. The summed E-state index contributed by atoms with van der Waals surface area (Å²) in [5, 5.41) is 1.35. The number of nitrogens with two attached hydrogens (primary N) is 1. The summed E-state index contributed by atoms with van der Waals surface area (Å²) < 4.78 is 2.20. The van der Waals surface area contributed by atoms with E-state index in [1.165, 1.54) is 22.0 Å². The van der Waals surface area contributed by atoms with E-state index in [0.717, 1.165) is 6.42 Å². The molecule has 0 bridgehead atoms. The molecule has 0 saturated carbocycles. The van der Waals surface area contributed by atoms with Crippen molar-refractivity contribution in [2.45, 2.75) is 32.6 Å². The van der Waals surface area contributed by atoms with E-state index < -0.39 is 0 Å². The van der Waals surface area contributed by atoms with Gasteiger partial charge in [0.15, 0.2) is 0 Å². The Morgan fingerprint density at radius 1 is 1.29 bits per heavy atom. The van der Waals surface area contributed by atoms with Gasteiger partial charge in [-0.2, -0.15) is 0 Å². The fourth-order valence-electron chi connectivity index (χ4n) is 2.31. The highest BCUT2D eigenvalue weighted by molar-refractivity contribution is 5.85. The van der Waals surface area contributed by atoms with Crippen LogP contribution in [0.15, 0.2) is 24.4 Å². The summed E-state index contributed by atoms with van der Waals surface area (Å²) in [7, 11) is 2.10. The number of hydrogen-bond donors (Lipinski definition) is 1. The quantitative estimate of drug-likeness (QED) is 0.863. The molecule has 2 rings (SSSR count). The van der Waals surface area contributed by atoms with E-state index in [-0.39, 0.29) is 5.41 Å². The van der Waals surface area contributed by atoms with E-state index in [4.69, 9.17) is 5.73 Å². The highest BCUT2D eigenvalue weighted by Crippen LogP contribution is 2.31. The number of hydrogen-bond acceptors (Lipinski definition) is 1. The molecule has 1 heterocycles. The van der Waals surface area contributed by atoms with Gasteiger partial charge in [0.1, 0.15) is 0 Å². The second-order valence-electron chi connectivity index (χ2n) is 5.45. The van der Waals surface area contributed by atoms with Crippen LogP contribution in [0.5, 0.6) is 0 Å². The fourth-order valence-corrected chi connectivity index (χ4v) is 2.31. The summed E-state index contributed by atoms with van der Waals surface area (Å²) in [4.78, 5) is 0. The zero-order chi connectivity index (χ0) is 12.6. The number of nitrogens with zero attached hydrogens (tertiary/aromatic N) is 1. The molecule has 17 heavy (non-hydrogen) atoms. The maximum Gasteiger partial charge on any atom is 0.0480 e. The Hall–Kier alpha value is -1.28. The van der Waals surface area contributed by atoms with Gasteiger partial charge in [0, 0.05) is 36.1 Å². The molecule has 0 amide bonds. The maximum atomic E-state index is 5.90. The van der Waals surface area contributed by atoms with Crippen LogP contribution in [0, 0.1) is 0 Å². The second kappa shape index (κ2) is 4.19. The van der Waals surface area contributed by atoms with Crippen LogP contribution in [0.4, 0.5) is 0 Å². The minimum absolute atomic E-state index is 0.0336. The van der Waals surface area contributed by atoms with Crippen molar-refractivity contribution >= 4 is 10.9 Å². The van der Waals surface area contributed by atoms with E-state index in [2.05, 4.69) is 56.8 Å². The van der Waals surface area contributed by atoms with E-state index in [1.807, 2.05) is 0 Å². The normalized spacial score (nSPS) is 12.3. The van der Waals surface area contributed by atoms with Crippen molar-refractivity contribution in [2.24, 2.45) is 12.8 Å². The summed E-state index contributed by atoms with van der Waals surface area (Å²) >= 11 is 0. The Kier molecular flexibility index (Phi) is 3.00. The Morgan fingerprint density at radius 2 is 2.00 bits per heavy atom. The Balaban J connectivity index is 2.71. The monoisotopic (exact) mass is 230 g/mol. The second-order valence-corrected chi connectivity index (χ2v) is 5.45. The number of aryl methyl sites for hydroxylation is 2. The van der Waals surface area contributed by atoms with Gasteiger partial charge in [0.05, 0.1) is 0 Å². The lowest BCUT2D eigenvalue weighted by Gasteiger charge is -2.22. The molecule has 0 spiro atoms. The third-order valence-corrected chi connectivity index (χ3v) is 3.70. The lowest BCUT2D eigenvalue weighted by molar-refractivity contribution is 0.542. The van der Waals surface area contributed by atoms with Gasteiger partial charge in [0.25, 0.3) is 0 Å². The standard InChI is InChI=1S/C15H22N2/c1-5-11-6-7-14-12(8-11)13(9-17(14)4)15(2,3)10-16/h6-9H,5,10,16H2,1-4H3. The maximum absolute atomic E-state index is 5.90. The van der Waals surface area contributed by atoms with Crippen LogP contribution >= 0.6 is 0 Å². The molecule has 0 aliphatic heterocycles. The van der Waals surface area contributed by atoms with Crippen LogP contribution in [-0.2, 0) is 18.9 Å². The summed E-state index contributed by atoms with van der Waals surface area (Å²) in [5.74, 6) is 0. The van der Waals surface area contributed by atoms with Crippen LogP contribution in [-0.4, -0.2) is 11.1 Å². The summed E-state index contributed by atoms with van der Waals surface area (Å²) in [5.41, 5.74) is 9.97. The molecule has 0 unspecified atom stereocenters. The van der Waals surface area contributed by atoms with E-state index >= 15 is 0 Å². The zero-order valence-electron chi connectivity index (χ0n) is 11.2. The van der Waals surface area contributed by atoms with Gasteiger partial charge in [-0.3, -0.25) is 0 Å². The lowest BCUT2D eigenvalue weighted by Crippen LogP contribution is -2.27. The fraction of sp³-hybridized carbons (Fsp3) is 0.467. The molecule has 2 nitrogen and oxygen atoms in total. The van der Waals surface area contributed by atoms with Gasteiger partial charge in [0.2, 0.25) is 0 Å². The first kappa shape index (κ1) is 12.2. The van der Waals surface area contributed by atoms with Gasteiger partial charge in [-0.25, -0.2) is 0 Å². The minimum Gasteiger partial charge on any atom is -0.350 e. The van der Waals surface area contributed by atoms with Gasteiger partial charge in [-0.1, -0.05) is 26.8 Å². The molecular formula is C15H22N2. The molecule has 0 fully saturated rings. The molecule has 2 heteroatoms. The van der Waals surface area contributed by atoms with Crippen molar-refractivity contribution in [1.29, 1.82) is 0 Å². The van der Waals surface area contributed by atoms with Crippen LogP contribution in [0.3, 0.4) is 0 Å². The topological polar surface area (TPSA) is 30.9 Å². The molecule has 0 saturated heterocycles. The third-order valence-electron chi connectivity index (χ3n) is 3.70. The number of aromatic nitrogens is 1. The first-order valence-corrected chi connectivity index (χ1v) is 6.28. The van der Waals surface area contributed by atoms with Crippen LogP contribution < -0.4 is 5.73 Å². The highest BCUT2D eigenvalue weighted by Gasteiger charge is 2.23. The molecule has 2 N–H and O–H groups in total. The lowest BCUT2D eigenvalue weighted by atomic mass is 9.84. The van der Waals surface area contributed by atoms with Gasteiger partial charge in [-0.05, 0) is 29.7 Å². The SMILES string of the molecule is CCc1ccc2c(c1)c(C(C)(C)CN)cn2C. The number of rotatable bonds is 3. The highest BCUT2D eigenvalue weighted by atomic mass is 14.9. The van der Waals surface area contributed by atoms with Crippen molar-refractivity contribution in [2.75, 3.05) is 6.54 Å². The van der Waals surface area contributed by atoms with Crippen molar-refractivity contribution in [3.8, 4) is 0 Å². The zero-order valence-corrected chi connectivity index (χ0v) is 11.2. The molecule has 0 aliphatic rings. The van der Waals surface area contributed by atoms with E-state index in [1.54, 1.807) is 0 Å². The average molecular weight is 230 g/mol. The van der Waals surface area contributed by atoms with Gasteiger partial charge < -0.3 is 10.3 Å². The predicted molar refractivity (Wildman–Crippen MR) is 74.4 cm³/mol. The summed E-state index contributed by atoms with van der Waals surface area (Å²) in [6.45, 7) is 7.28. The van der Waals surface area contributed by atoms with E-state index in [9.17, 15) is 0 Å². The van der Waals surface area contributed by atoms with Crippen molar-refractivity contribution in [3.63, 3.8) is 0 Å². The molecular weight excluding hydrogens is 208 g/mol. The molecule has 1 aromatic heterocycles. The molecule has 0 aliphatic carbocycles. The van der Waals surface area contributed by atoms with Crippen LogP contribution in [0.1, 0.15) is 31.9 Å². The number of benzene rings is 1. The smallest absolute Gasteiger partial charge is 0.0480 e. The first-order valence-electron chi connectivity index (χ1n) is 6.28. The largest absolute Gasteiger partial charge is 0.350 e. The van der Waals surface area contributed by atoms with Crippen LogP contribution in [0.2, 0.25) is 0 Å². The Bertz CT molecular complexity index is 535. The summed E-state index contributed by atoms with van der Waals surface area (Å²) in [6.07, 6.45) is 3.30. The van der Waals surface area contributed by atoms with Gasteiger partial charge in [-0.15, -0.1) is 0 Å². The van der Waals surface area contributed by atoms with Gasteiger partial charge >= 0.3 is 0 Å². The summed E-state index contributed by atoms with van der Waals surface area (Å²) in [6, 6.07) is 6.73. The minimum atomic E-state index is 0.0336. The molecule has 0 radical (unpaired) electrons. The molecule has 92 valence electrons. The third kappa shape index (κ3) is 1.98. The predicted octanol–water partition coefficient (Wildman–Crippen LogP) is 2.98. The average Bonchev–Trinajstić information content (AvgIpc) is 2.67. The van der Waals surface area contributed by atoms with Crippen molar-refractivity contribution < 1.29 is 0 Å². The van der Waals surface area contributed by atoms with Crippen LogP contribution in [0.25, 0.3) is 10.9 Å². The van der Waals surface area contributed by atoms with Crippen molar-refractivity contribution in [1.82, 2.24) is 4.57 Å². The molecule has 0 atom stereocenters. The Labute approximate surface area is 103 Å². The van der Waals surface area contributed by atoms with Crippen molar-refractivity contribution in [3.05, 3.63) is 35.5 Å². The molecule has 2 aromatic rings. The van der Waals surface area contributed by atoms with E-state index in [0.29, 0.717) is 6.54 Å². The molecule has 1 aromatic carbocycles. The Morgan fingerprint density at radius 3 is 2.59 bits per heavy atom.